The number of benzene rings is 1. The van der Waals surface area contributed by atoms with E-state index in [9.17, 15) is 4.79 Å². The first-order valence-electron chi connectivity index (χ1n) is 9.69. The van der Waals surface area contributed by atoms with Crippen LogP contribution in [0.5, 0.6) is 0 Å². The maximum atomic E-state index is 12.4. The van der Waals surface area contributed by atoms with Crippen molar-refractivity contribution in [1.29, 1.82) is 0 Å². The molecule has 2 aliphatic rings. The van der Waals surface area contributed by atoms with Gasteiger partial charge in [-0.15, -0.1) is 0 Å². The van der Waals surface area contributed by atoms with Gasteiger partial charge in [0.05, 0.1) is 19.7 Å². The molecular weight excluding hydrogens is 340 g/mol. The first-order chi connectivity index (χ1) is 13.2. The minimum Gasteiger partial charge on any atom is -0.371 e. The molecule has 6 heteroatoms. The summed E-state index contributed by atoms with van der Waals surface area (Å²) in [7, 11) is 0. The van der Waals surface area contributed by atoms with Crippen LogP contribution in [0.2, 0.25) is 0 Å². The van der Waals surface area contributed by atoms with Crippen molar-refractivity contribution in [2.45, 2.75) is 31.3 Å². The number of likely N-dealkylation sites (tertiary alicyclic amines) is 1. The molecule has 1 amide bonds. The molecule has 142 valence electrons. The maximum Gasteiger partial charge on any atom is 0.223 e. The second-order valence-corrected chi connectivity index (χ2v) is 7.59. The van der Waals surface area contributed by atoms with E-state index in [1.54, 1.807) is 12.4 Å². The van der Waals surface area contributed by atoms with Gasteiger partial charge >= 0.3 is 0 Å². The highest BCUT2D eigenvalue weighted by atomic mass is 16.5. The molecule has 1 aromatic heterocycles. The van der Waals surface area contributed by atoms with Gasteiger partial charge in [-0.3, -0.25) is 4.79 Å². The van der Waals surface area contributed by atoms with Crippen LogP contribution in [0.1, 0.15) is 24.8 Å². The Morgan fingerprint density at radius 3 is 2.67 bits per heavy atom. The van der Waals surface area contributed by atoms with Gasteiger partial charge < -0.3 is 15.0 Å². The Morgan fingerprint density at radius 2 is 1.96 bits per heavy atom. The van der Waals surface area contributed by atoms with Crippen LogP contribution in [-0.2, 0) is 16.0 Å². The highest BCUT2D eigenvalue weighted by Gasteiger charge is 2.48. The molecule has 0 unspecified atom stereocenters. The average Bonchev–Trinajstić information content (AvgIpc) is 2.71. The van der Waals surface area contributed by atoms with Crippen LogP contribution in [0.4, 0.5) is 5.95 Å². The largest absolute Gasteiger partial charge is 0.371 e. The van der Waals surface area contributed by atoms with Crippen LogP contribution in [0.15, 0.2) is 48.8 Å². The first kappa shape index (κ1) is 17.9. The van der Waals surface area contributed by atoms with E-state index in [4.69, 9.17) is 4.74 Å². The summed E-state index contributed by atoms with van der Waals surface area (Å²) in [4.78, 5) is 22.7. The van der Waals surface area contributed by atoms with Crippen LogP contribution in [0.3, 0.4) is 0 Å². The number of carbonyl (C=O) groups is 1. The molecule has 2 fully saturated rings. The van der Waals surface area contributed by atoms with Crippen molar-refractivity contribution in [3.63, 3.8) is 0 Å². The number of aromatic nitrogens is 2. The predicted molar refractivity (Wildman–Crippen MR) is 103 cm³/mol. The highest BCUT2D eigenvalue weighted by molar-refractivity contribution is 5.77. The van der Waals surface area contributed by atoms with E-state index in [-0.39, 0.29) is 11.5 Å². The molecule has 2 saturated heterocycles. The fourth-order valence-electron chi connectivity index (χ4n) is 3.83. The van der Waals surface area contributed by atoms with Gasteiger partial charge in [0.2, 0.25) is 11.9 Å². The number of nitrogens with zero attached hydrogens (tertiary/aromatic N) is 3. The maximum absolute atomic E-state index is 12.4. The Balaban J connectivity index is 1.17. The number of ether oxygens (including phenoxy) is 1. The third-order valence-corrected chi connectivity index (χ3v) is 5.53. The minimum absolute atomic E-state index is 0.109. The van der Waals surface area contributed by atoms with E-state index in [1.807, 2.05) is 29.2 Å². The van der Waals surface area contributed by atoms with Crippen molar-refractivity contribution < 1.29 is 9.53 Å². The second kappa shape index (κ2) is 8.05. The SMILES string of the molecule is O=C(CCc1ccccc1)N1CC2(CC[C@@H](CNc3ncccn3)CO2)C1. The number of amides is 1. The summed E-state index contributed by atoms with van der Waals surface area (Å²) < 4.78 is 6.17. The van der Waals surface area contributed by atoms with Gasteiger partial charge in [-0.2, -0.15) is 0 Å². The summed E-state index contributed by atoms with van der Waals surface area (Å²) in [6.07, 6.45) is 6.96. The first-order valence-corrected chi connectivity index (χ1v) is 9.69. The highest BCUT2D eigenvalue weighted by Crippen LogP contribution is 2.36. The van der Waals surface area contributed by atoms with E-state index in [0.717, 1.165) is 45.5 Å². The molecule has 2 aromatic rings. The Hall–Kier alpha value is -2.47. The van der Waals surface area contributed by atoms with Gasteiger partial charge in [-0.05, 0) is 36.8 Å². The zero-order chi connectivity index (χ0) is 18.5. The van der Waals surface area contributed by atoms with E-state index < -0.39 is 0 Å². The van der Waals surface area contributed by atoms with Crippen molar-refractivity contribution >= 4 is 11.9 Å². The lowest BCUT2D eigenvalue weighted by atomic mass is 9.82. The molecule has 27 heavy (non-hydrogen) atoms. The number of aryl methyl sites for hydroxylation is 1. The number of hydrogen-bond acceptors (Lipinski definition) is 5. The van der Waals surface area contributed by atoms with Crippen LogP contribution in [0.25, 0.3) is 0 Å². The van der Waals surface area contributed by atoms with Crippen LogP contribution >= 0.6 is 0 Å². The van der Waals surface area contributed by atoms with E-state index in [1.165, 1.54) is 5.56 Å². The van der Waals surface area contributed by atoms with E-state index in [0.29, 0.717) is 18.3 Å². The van der Waals surface area contributed by atoms with Gasteiger partial charge in [0.25, 0.3) is 0 Å². The third kappa shape index (κ3) is 4.45. The fourth-order valence-corrected chi connectivity index (χ4v) is 3.83. The number of rotatable bonds is 6. The molecule has 4 rings (SSSR count). The molecule has 2 aliphatic heterocycles. The Bertz CT molecular complexity index is 737. The molecule has 3 heterocycles. The summed E-state index contributed by atoms with van der Waals surface area (Å²) >= 11 is 0. The fraction of sp³-hybridized carbons (Fsp3) is 0.476. The lowest BCUT2D eigenvalue weighted by Crippen LogP contribution is -2.66. The Labute approximate surface area is 160 Å². The second-order valence-electron chi connectivity index (χ2n) is 7.59. The molecule has 1 spiro atoms. The van der Waals surface area contributed by atoms with Gasteiger partial charge in [0.15, 0.2) is 0 Å². The molecule has 0 saturated carbocycles. The number of hydrogen-bond donors (Lipinski definition) is 1. The van der Waals surface area contributed by atoms with E-state index in [2.05, 4.69) is 27.4 Å². The van der Waals surface area contributed by atoms with E-state index >= 15 is 0 Å². The quantitative estimate of drug-likeness (QED) is 0.851. The lowest BCUT2D eigenvalue weighted by Gasteiger charge is -2.52. The van der Waals surface area contributed by atoms with Crippen LogP contribution in [-0.4, -0.2) is 52.6 Å². The molecule has 0 bridgehead atoms. The molecule has 6 nitrogen and oxygen atoms in total. The van der Waals surface area contributed by atoms with Gasteiger partial charge in [-0.25, -0.2) is 9.97 Å². The summed E-state index contributed by atoms with van der Waals surface area (Å²) in [5.74, 6) is 1.36. The number of carbonyl (C=O) groups excluding carboxylic acids is 1. The summed E-state index contributed by atoms with van der Waals surface area (Å²) in [6.45, 7) is 3.02. The van der Waals surface area contributed by atoms with Gasteiger partial charge in [0.1, 0.15) is 5.60 Å². The van der Waals surface area contributed by atoms with Crippen molar-refractivity contribution in [1.82, 2.24) is 14.9 Å². The van der Waals surface area contributed by atoms with Crippen molar-refractivity contribution in [2.75, 3.05) is 31.6 Å². The summed E-state index contributed by atoms with van der Waals surface area (Å²) in [5, 5.41) is 3.27. The summed E-state index contributed by atoms with van der Waals surface area (Å²) in [5.41, 5.74) is 1.11. The Kier molecular flexibility index (Phi) is 5.34. The zero-order valence-electron chi connectivity index (χ0n) is 15.5. The molecule has 1 aromatic carbocycles. The summed E-state index contributed by atoms with van der Waals surface area (Å²) in [6, 6.07) is 12.0. The van der Waals surface area contributed by atoms with Crippen LogP contribution < -0.4 is 5.32 Å². The Morgan fingerprint density at radius 1 is 1.19 bits per heavy atom. The topological polar surface area (TPSA) is 67.4 Å². The average molecular weight is 366 g/mol. The van der Waals surface area contributed by atoms with Gasteiger partial charge in [0, 0.05) is 25.4 Å². The van der Waals surface area contributed by atoms with Gasteiger partial charge in [-0.1, -0.05) is 30.3 Å². The molecule has 0 radical (unpaired) electrons. The molecule has 0 aliphatic carbocycles. The van der Waals surface area contributed by atoms with Crippen molar-refractivity contribution in [3.8, 4) is 0 Å². The standard InChI is InChI=1S/C21H26N4O2/c26-19(8-7-17-5-2-1-3-6-17)25-15-21(16-25)10-9-18(14-27-21)13-24-20-22-11-4-12-23-20/h1-6,11-12,18H,7-10,13-16H2,(H,22,23,24)/t18-/m0/s1. The molecule has 1 N–H and O–H groups in total. The number of anilines is 1. The zero-order valence-corrected chi connectivity index (χ0v) is 15.5. The predicted octanol–water partition coefficient (Wildman–Crippen LogP) is 2.53. The van der Waals surface area contributed by atoms with Crippen molar-refractivity contribution in [3.05, 3.63) is 54.4 Å². The smallest absolute Gasteiger partial charge is 0.223 e. The lowest BCUT2D eigenvalue weighted by molar-refractivity contribution is -0.187. The van der Waals surface area contributed by atoms with Crippen molar-refractivity contribution in [2.24, 2.45) is 5.92 Å². The minimum atomic E-state index is -0.109. The monoisotopic (exact) mass is 366 g/mol. The van der Waals surface area contributed by atoms with Crippen LogP contribution in [0, 0.1) is 5.92 Å². The normalized spacial score (nSPS) is 20.9. The molecule has 1 atom stereocenters. The third-order valence-electron chi connectivity index (χ3n) is 5.53. The number of nitrogens with one attached hydrogen (secondary N) is 1. The molecular formula is C21H26N4O2.